The summed E-state index contributed by atoms with van der Waals surface area (Å²) in [5.41, 5.74) is -1.17. The van der Waals surface area contributed by atoms with Crippen molar-refractivity contribution in [1.29, 1.82) is 0 Å². The average molecular weight is 232 g/mol. The predicted molar refractivity (Wildman–Crippen MR) is 58.0 cm³/mol. The van der Waals surface area contributed by atoms with Gasteiger partial charge in [-0.1, -0.05) is 6.42 Å². The SMILES string of the molecule is CC(=O)CC(CCO)(CCCCO)C(=O)O. The van der Waals surface area contributed by atoms with Gasteiger partial charge in [-0.15, -0.1) is 0 Å². The van der Waals surface area contributed by atoms with E-state index in [-0.39, 0.29) is 31.8 Å². The Bertz CT molecular complexity index is 239. The lowest BCUT2D eigenvalue weighted by molar-refractivity contribution is -0.153. The second kappa shape index (κ2) is 7.35. The average Bonchev–Trinajstić information content (AvgIpc) is 2.17. The Morgan fingerprint density at radius 2 is 1.69 bits per heavy atom. The van der Waals surface area contributed by atoms with Crippen LogP contribution in [-0.4, -0.2) is 40.3 Å². The Morgan fingerprint density at radius 3 is 2.06 bits per heavy atom. The molecular weight excluding hydrogens is 212 g/mol. The molecular formula is C11H20O5. The molecule has 0 saturated heterocycles. The normalized spacial score (nSPS) is 14.4. The molecule has 0 aromatic carbocycles. The number of aliphatic hydroxyl groups is 2. The molecule has 0 radical (unpaired) electrons. The molecule has 3 N–H and O–H groups in total. The summed E-state index contributed by atoms with van der Waals surface area (Å²) in [5.74, 6) is -1.24. The number of hydrogen-bond acceptors (Lipinski definition) is 4. The lowest BCUT2D eigenvalue weighted by Crippen LogP contribution is -2.34. The van der Waals surface area contributed by atoms with Crippen LogP contribution in [0.1, 0.15) is 39.0 Å². The van der Waals surface area contributed by atoms with Gasteiger partial charge in [0, 0.05) is 19.6 Å². The lowest BCUT2D eigenvalue weighted by atomic mass is 9.76. The Kier molecular flexibility index (Phi) is 6.92. The number of hydrogen-bond donors (Lipinski definition) is 3. The molecule has 0 heterocycles. The van der Waals surface area contributed by atoms with Gasteiger partial charge in [0.2, 0.25) is 0 Å². The summed E-state index contributed by atoms with van der Waals surface area (Å²) >= 11 is 0. The fourth-order valence-corrected chi connectivity index (χ4v) is 1.86. The number of carboxylic acid groups (broad SMARTS) is 1. The van der Waals surface area contributed by atoms with Crippen molar-refractivity contribution in [3.05, 3.63) is 0 Å². The summed E-state index contributed by atoms with van der Waals surface area (Å²) in [5, 5.41) is 26.7. The zero-order valence-corrected chi connectivity index (χ0v) is 9.61. The molecule has 16 heavy (non-hydrogen) atoms. The van der Waals surface area contributed by atoms with Crippen LogP contribution in [0.5, 0.6) is 0 Å². The fraction of sp³-hybridized carbons (Fsp3) is 0.818. The Balaban J connectivity index is 4.64. The van der Waals surface area contributed by atoms with Gasteiger partial charge in [0.05, 0.1) is 5.41 Å². The van der Waals surface area contributed by atoms with E-state index in [0.29, 0.717) is 19.3 Å². The topological polar surface area (TPSA) is 94.8 Å². The molecule has 0 aliphatic rings. The maximum absolute atomic E-state index is 11.2. The van der Waals surface area contributed by atoms with Gasteiger partial charge in [-0.05, 0) is 26.2 Å². The molecule has 1 unspecified atom stereocenters. The highest BCUT2D eigenvalue weighted by Gasteiger charge is 2.38. The number of carbonyl (C=O) groups is 2. The number of aliphatic hydroxyl groups excluding tert-OH is 2. The van der Waals surface area contributed by atoms with Crippen LogP contribution in [0.4, 0.5) is 0 Å². The first-order valence-electron chi connectivity index (χ1n) is 5.43. The van der Waals surface area contributed by atoms with Crippen LogP contribution in [-0.2, 0) is 9.59 Å². The van der Waals surface area contributed by atoms with Crippen molar-refractivity contribution < 1.29 is 24.9 Å². The molecule has 0 aromatic heterocycles. The van der Waals surface area contributed by atoms with Crippen molar-refractivity contribution >= 4 is 11.8 Å². The number of Topliss-reactive ketones (excluding diaryl/α,β-unsaturated/α-hetero) is 1. The third-order valence-corrected chi connectivity index (χ3v) is 2.69. The predicted octanol–water partition coefficient (Wildman–Crippen LogP) is 0.581. The van der Waals surface area contributed by atoms with Crippen LogP contribution in [0.15, 0.2) is 0 Å². The Labute approximate surface area is 95.1 Å². The van der Waals surface area contributed by atoms with Crippen molar-refractivity contribution in [3.8, 4) is 0 Å². The summed E-state index contributed by atoms with van der Waals surface area (Å²) in [4.78, 5) is 22.3. The van der Waals surface area contributed by atoms with Crippen LogP contribution < -0.4 is 0 Å². The second-order valence-electron chi connectivity index (χ2n) is 4.12. The monoisotopic (exact) mass is 232 g/mol. The minimum Gasteiger partial charge on any atom is -0.481 e. The molecule has 0 fully saturated rings. The van der Waals surface area contributed by atoms with Crippen LogP contribution in [0, 0.1) is 5.41 Å². The van der Waals surface area contributed by atoms with Crippen LogP contribution in [0.3, 0.4) is 0 Å². The summed E-state index contributed by atoms with van der Waals surface area (Å²) in [7, 11) is 0. The summed E-state index contributed by atoms with van der Waals surface area (Å²) in [6, 6.07) is 0. The molecule has 0 saturated carbocycles. The van der Waals surface area contributed by atoms with E-state index in [9.17, 15) is 14.7 Å². The van der Waals surface area contributed by atoms with E-state index in [1.165, 1.54) is 6.92 Å². The van der Waals surface area contributed by atoms with Crippen LogP contribution in [0.25, 0.3) is 0 Å². The molecule has 1 atom stereocenters. The second-order valence-corrected chi connectivity index (χ2v) is 4.12. The molecule has 5 heteroatoms. The molecule has 0 aromatic rings. The first-order chi connectivity index (χ1) is 7.48. The molecule has 0 spiro atoms. The van der Waals surface area contributed by atoms with Gasteiger partial charge in [-0.2, -0.15) is 0 Å². The van der Waals surface area contributed by atoms with Gasteiger partial charge in [-0.25, -0.2) is 0 Å². The Hall–Kier alpha value is -0.940. The van der Waals surface area contributed by atoms with E-state index >= 15 is 0 Å². The van der Waals surface area contributed by atoms with Gasteiger partial charge >= 0.3 is 5.97 Å². The van der Waals surface area contributed by atoms with E-state index in [1.807, 2.05) is 0 Å². The zero-order valence-electron chi connectivity index (χ0n) is 9.61. The Morgan fingerprint density at radius 1 is 1.06 bits per heavy atom. The smallest absolute Gasteiger partial charge is 0.310 e. The highest BCUT2D eigenvalue weighted by Crippen LogP contribution is 2.33. The maximum Gasteiger partial charge on any atom is 0.310 e. The summed E-state index contributed by atoms with van der Waals surface area (Å²) in [6.45, 7) is 1.11. The van der Waals surface area contributed by atoms with E-state index in [2.05, 4.69) is 0 Å². The van der Waals surface area contributed by atoms with E-state index in [0.717, 1.165) is 0 Å². The number of rotatable bonds is 9. The van der Waals surface area contributed by atoms with Crippen molar-refractivity contribution in [1.82, 2.24) is 0 Å². The standard InChI is InChI=1S/C11H20O5/c1-9(14)8-11(5-7-13,10(15)16)4-2-3-6-12/h12-13H,2-8H2,1H3,(H,15,16). The maximum atomic E-state index is 11.2. The molecule has 94 valence electrons. The van der Waals surface area contributed by atoms with Crippen LogP contribution in [0.2, 0.25) is 0 Å². The quantitative estimate of drug-likeness (QED) is 0.505. The molecule has 0 rings (SSSR count). The minimum atomic E-state index is -1.17. The summed E-state index contributed by atoms with van der Waals surface area (Å²) < 4.78 is 0. The lowest BCUT2D eigenvalue weighted by Gasteiger charge is -2.27. The van der Waals surface area contributed by atoms with Gasteiger partial charge in [0.15, 0.2) is 0 Å². The van der Waals surface area contributed by atoms with E-state index < -0.39 is 11.4 Å². The third kappa shape index (κ3) is 4.72. The number of carboxylic acids is 1. The van der Waals surface area contributed by atoms with Crippen LogP contribution >= 0.6 is 0 Å². The number of unbranched alkanes of at least 4 members (excludes halogenated alkanes) is 1. The molecule has 5 nitrogen and oxygen atoms in total. The third-order valence-electron chi connectivity index (χ3n) is 2.69. The van der Waals surface area contributed by atoms with E-state index in [4.69, 9.17) is 10.2 Å². The molecule has 0 amide bonds. The van der Waals surface area contributed by atoms with Gasteiger partial charge in [-0.3, -0.25) is 9.59 Å². The van der Waals surface area contributed by atoms with Crippen molar-refractivity contribution in [3.63, 3.8) is 0 Å². The molecule has 0 aliphatic carbocycles. The van der Waals surface area contributed by atoms with Gasteiger partial charge < -0.3 is 15.3 Å². The van der Waals surface area contributed by atoms with Crippen molar-refractivity contribution in [2.45, 2.75) is 39.0 Å². The molecule has 0 bridgehead atoms. The highest BCUT2D eigenvalue weighted by molar-refractivity contribution is 5.84. The number of aliphatic carboxylic acids is 1. The largest absolute Gasteiger partial charge is 0.481 e. The van der Waals surface area contributed by atoms with Gasteiger partial charge in [0.1, 0.15) is 5.78 Å². The molecule has 0 aliphatic heterocycles. The zero-order chi connectivity index (χ0) is 12.6. The highest BCUT2D eigenvalue weighted by atomic mass is 16.4. The van der Waals surface area contributed by atoms with E-state index in [1.54, 1.807) is 0 Å². The number of ketones is 1. The number of carbonyl (C=O) groups excluding carboxylic acids is 1. The van der Waals surface area contributed by atoms with Crippen molar-refractivity contribution in [2.24, 2.45) is 5.41 Å². The first kappa shape index (κ1) is 15.1. The summed E-state index contributed by atoms with van der Waals surface area (Å²) in [6.07, 6.45) is 1.37. The minimum absolute atomic E-state index is 0.00882. The van der Waals surface area contributed by atoms with Gasteiger partial charge in [0.25, 0.3) is 0 Å². The first-order valence-corrected chi connectivity index (χ1v) is 5.43. The van der Waals surface area contributed by atoms with Crippen molar-refractivity contribution in [2.75, 3.05) is 13.2 Å². The fourth-order valence-electron chi connectivity index (χ4n) is 1.86.